The standard InChI is InChI=1S/C18H20N4O3S2/c23-15(10-13-11-27-17(20-13)14-2-1-9-26-14)21-5-7-22(8-6-21)18(25)16(24)19-12-3-4-12/h1-2,9,11-12H,3-8,10H2,(H,19,24). The minimum Gasteiger partial charge on any atom is -0.345 e. The summed E-state index contributed by atoms with van der Waals surface area (Å²) < 4.78 is 0. The molecular formula is C18H20N4O3S2. The molecule has 0 aromatic carbocycles. The topological polar surface area (TPSA) is 82.6 Å². The van der Waals surface area contributed by atoms with Crippen LogP contribution < -0.4 is 5.32 Å². The van der Waals surface area contributed by atoms with E-state index in [0.717, 1.165) is 28.4 Å². The fourth-order valence-electron chi connectivity index (χ4n) is 2.95. The number of thiophene rings is 1. The third-order valence-corrected chi connectivity index (χ3v) is 6.57. The van der Waals surface area contributed by atoms with Crippen LogP contribution in [0.2, 0.25) is 0 Å². The van der Waals surface area contributed by atoms with E-state index in [1.54, 1.807) is 27.6 Å². The third kappa shape index (κ3) is 4.36. The van der Waals surface area contributed by atoms with Crippen LogP contribution in [-0.2, 0) is 20.8 Å². The second-order valence-electron chi connectivity index (χ2n) is 6.72. The molecule has 1 saturated carbocycles. The van der Waals surface area contributed by atoms with Gasteiger partial charge in [-0.15, -0.1) is 22.7 Å². The normalized spacial score (nSPS) is 17.0. The van der Waals surface area contributed by atoms with E-state index in [1.807, 2.05) is 22.9 Å². The first-order chi connectivity index (χ1) is 13.1. The lowest BCUT2D eigenvalue weighted by atomic mass is 10.2. The predicted molar refractivity (Wildman–Crippen MR) is 103 cm³/mol. The molecule has 2 aromatic rings. The molecule has 2 aromatic heterocycles. The van der Waals surface area contributed by atoms with Crippen LogP contribution in [0, 0.1) is 0 Å². The number of thiazole rings is 1. The zero-order valence-electron chi connectivity index (χ0n) is 14.7. The molecule has 0 radical (unpaired) electrons. The molecule has 0 bridgehead atoms. The van der Waals surface area contributed by atoms with Gasteiger partial charge in [-0.3, -0.25) is 14.4 Å². The highest BCUT2D eigenvalue weighted by Gasteiger charge is 2.31. The first kappa shape index (κ1) is 18.1. The van der Waals surface area contributed by atoms with Crippen molar-refractivity contribution in [3.63, 3.8) is 0 Å². The number of hydrogen-bond donors (Lipinski definition) is 1. The summed E-state index contributed by atoms with van der Waals surface area (Å²) in [7, 11) is 0. The Morgan fingerprint density at radius 2 is 1.85 bits per heavy atom. The van der Waals surface area contributed by atoms with E-state index in [1.165, 1.54) is 4.90 Å². The second-order valence-corrected chi connectivity index (χ2v) is 8.52. The predicted octanol–water partition coefficient (Wildman–Crippen LogP) is 1.36. The largest absolute Gasteiger partial charge is 0.345 e. The third-order valence-electron chi connectivity index (χ3n) is 4.64. The van der Waals surface area contributed by atoms with Gasteiger partial charge in [0, 0.05) is 37.6 Å². The van der Waals surface area contributed by atoms with Crippen molar-refractivity contribution in [1.82, 2.24) is 20.1 Å². The number of rotatable bonds is 4. The highest BCUT2D eigenvalue weighted by atomic mass is 32.1. The number of nitrogens with zero attached hydrogens (tertiary/aromatic N) is 3. The molecule has 27 heavy (non-hydrogen) atoms. The van der Waals surface area contributed by atoms with Gasteiger partial charge in [0.2, 0.25) is 5.91 Å². The molecule has 0 atom stereocenters. The molecule has 2 aliphatic rings. The Balaban J connectivity index is 1.27. The van der Waals surface area contributed by atoms with Gasteiger partial charge in [-0.25, -0.2) is 4.98 Å². The van der Waals surface area contributed by atoms with Crippen LogP contribution >= 0.6 is 22.7 Å². The molecule has 1 aliphatic carbocycles. The SMILES string of the molecule is O=C(NC1CC1)C(=O)N1CCN(C(=O)Cc2csc(-c3cccs3)n2)CC1. The smallest absolute Gasteiger partial charge is 0.312 e. The Morgan fingerprint density at radius 3 is 2.52 bits per heavy atom. The molecule has 0 unspecified atom stereocenters. The maximum Gasteiger partial charge on any atom is 0.312 e. The highest BCUT2D eigenvalue weighted by molar-refractivity contribution is 7.20. The van der Waals surface area contributed by atoms with Crippen LogP contribution in [0.5, 0.6) is 0 Å². The Hall–Kier alpha value is -2.26. The van der Waals surface area contributed by atoms with Crippen LogP contribution in [-0.4, -0.2) is 64.7 Å². The number of nitrogens with one attached hydrogen (secondary N) is 1. The van der Waals surface area contributed by atoms with Crippen LogP contribution in [0.15, 0.2) is 22.9 Å². The van der Waals surface area contributed by atoms with Gasteiger partial charge in [-0.05, 0) is 24.3 Å². The van der Waals surface area contributed by atoms with Gasteiger partial charge in [-0.1, -0.05) is 6.07 Å². The fraction of sp³-hybridized carbons (Fsp3) is 0.444. The summed E-state index contributed by atoms with van der Waals surface area (Å²) >= 11 is 3.18. The van der Waals surface area contributed by atoms with Crippen molar-refractivity contribution in [3.8, 4) is 9.88 Å². The fourth-order valence-corrected chi connectivity index (χ4v) is 4.58. The van der Waals surface area contributed by atoms with E-state index in [9.17, 15) is 14.4 Å². The summed E-state index contributed by atoms with van der Waals surface area (Å²) in [6, 6.07) is 4.17. The van der Waals surface area contributed by atoms with Crippen molar-refractivity contribution in [2.24, 2.45) is 0 Å². The summed E-state index contributed by atoms with van der Waals surface area (Å²) in [6.45, 7) is 1.67. The maximum atomic E-state index is 12.5. The Labute approximate surface area is 165 Å². The summed E-state index contributed by atoms with van der Waals surface area (Å²) in [5, 5.41) is 7.58. The number of hydrogen-bond acceptors (Lipinski definition) is 6. The molecule has 1 aliphatic heterocycles. The van der Waals surface area contributed by atoms with Crippen molar-refractivity contribution in [3.05, 3.63) is 28.6 Å². The first-order valence-corrected chi connectivity index (χ1v) is 10.7. The molecule has 3 heterocycles. The average Bonchev–Trinajstić information content (AvgIpc) is 3.13. The Morgan fingerprint density at radius 1 is 1.11 bits per heavy atom. The lowest BCUT2D eigenvalue weighted by Crippen LogP contribution is -2.54. The lowest BCUT2D eigenvalue weighted by molar-refractivity contribution is -0.148. The van der Waals surface area contributed by atoms with Crippen LogP contribution in [0.1, 0.15) is 18.5 Å². The van der Waals surface area contributed by atoms with E-state index < -0.39 is 11.8 Å². The minimum absolute atomic E-state index is 0.00700. The van der Waals surface area contributed by atoms with Crippen LogP contribution in [0.4, 0.5) is 0 Å². The van der Waals surface area contributed by atoms with Crippen molar-refractivity contribution < 1.29 is 14.4 Å². The summed E-state index contributed by atoms with van der Waals surface area (Å²) in [5.74, 6) is -1.01. The molecule has 1 saturated heterocycles. The van der Waals surface area contributed by atoms with Gasteiger partial charge in [0.15, 0.2) is 0 Å². The molecule has 9 heteroatoms. The lowest BCUT2D eigenvalue weighted by Gasteiger charge is -2.34. The van der Waals surface area contributed by atoms with Crippen molar-refractivity contribution in [1.29, 1.82) is 0 Å². The van der Waals surface area contributed by atoms with Crippen molar-refractivity contribution >= 4 is 40.4 Å². The van der Waals surface area contributed by atoms with Crippen molar-refractivity contribution in [2.75, 3.05) is 26.2 Å². The monoisotopic (exact) mass is 404 g/mol. The average molecular weight is 405 g/mol. The number of carbonyl (C=O) groups is 3. The molecule has 142 valence electrons. The molecule has 7 nitrogen and oxygen atoms in total. The summed E-state index contributed by atoms with van der Waals surface area (Å²) in [6.07, 6.45) is 2.16. The van der Waals surface area contributed by atoms with Crippen molar-refractivity contribution in [2.45, 2.75) is 25.3 Å². The van der Waals surface area contributed by atoms with Crippen LogP contribution in [0.25, 0.3) is 9.88 Å². The van der Waals surface area contributed by atoms with Gasteiger partial charge >= 0.3 is 11.8 Å². The number of carbonyl (C=O) groups excluding carboxylic acids is 3. The Kier molecular flexibility index (Phi) is 5.22. The highest BCUT2D eigenvalue weighted by Crippen LogP contribution is 2.28. The summed E-state index contributed by atoms with van der Waals surface area (Å²) in [5.41, 5.74) is 0.774. The molecule has 0 spiro atoms. The second kappa shape index (κ2) is 7.77. The maximum absolute atomic E-state index is 12.5. The van der Waals surface area contributed by atoms with Gasteiger partial charge in [0.05, 0.1) is 17.0 Å². The van der Waals surface area contributed by atoms with E-state index in [-0.39, 0.29) is 18.4 Å². The van der Waals surface area contributed by atoms with Gasteiger partial charge < -0.3 is 15.1 Å². The van der Waals surface area contributed by atoms with E-state index in [4.69, 9.17) is 0 Å². The number of aromatic nitrogens is 1. The molecule has 4 rings (SSSR count). The molecular weight excluding hydrogens is 384 g/mol. The minimum atomic E-state index is -0.527. The number of piperazine rings is 1. The zero-order valence-corrected chi connectivity index (χ0v) is 16.4. The van der Waals surface area contributed by atoms with E-state index >= 15 is 0 Å². The first-order valence-electron chi connectivity index (χ1n) is 8.96. The van der Waals surface area contributed by atoms with Gasteiger partial charge in [0.25, 0.3) is 0 Å². The quantitative estimate of drug-likeness (QED) is 0.780. The molecule has 3 amide bonds. The number of amides is 3. The molecule has 1 N–H and O–H groups in total. The van der Waals surface area contributed by atoms with E-state index in [0.29, 0.717) is 26.2 Å². The zero-order chi connectivity index (χ0) is 18.8. The Bertz CT molecular complexity index is 837. The van der Waals surface area contributed by atoms with Gasteiger partial charge in [-0.2, -0.15) is 0 Å². The molecule has 2 fully saturated rings. The van der Waals surface area contributed by atoms with Crippen LogP contribution in [0.3, 0.4) is 0 Å². The summed E-state index contributed by atoms with van der Waals surface area (Å²) in [4.78, 5) is 45.5. The van der Waals surface area contributed by atoms with Gasteiger partial charge in [0.1, 0.15) is 5.01 Å². The van der Waals surface area contributed by atoms with E-state index in [2.05, 4.69) is 10.3 Å².